The first-order valence-electron chi connectivity index (χ1n) is 11.5. The summed E-state index contributed by atoms with van der Waals surface area (Å²) < 4.78 is 30.7. The van der Waals surface area contributed by atoms with E-state index in [2.05, 4.69) is 34.3 Å². The van der Waals surface area contributed by atoms with Crippen molar-refractivity contribution in [3.63, 3.8) is 0 Å². The summed E-state index contributed by atoms with van der Waals surface area (Å²) in [6.07, 6.45) is 7.58. The van der Waals surface area contributed by atoms with Crippen LogP contribution in [0.2, 0.25) is 0 Å². The van der Waals surface area contributed by atoms with E-state index in [4.69, 9.17) is 23.7 Å². The molecule has 1 saturated heterocycles. The highest BCUT2D eigenvalue weighted by Gasteiger charge is 2.45. The Kier molecular flexibility index (Phi) is 14.7. The van der Waals surface area contributed by atoms with E-state index in [9.17, 15) is 0 Å². The molecule has 0 aliphatic carbocycles. The van der Waals surface area contributed by atoms with Gasteiger partial charge >= 0.3 is 0 Å². The second kappa shape index (κ2) is 16.2. The third-order valence-corrected chi connectivity index (χ3v) is 4.94. The van der Waals surface area contributed by atoms with Crippen molar-refractivity contribution in [3.05, 3.63) is 12.3 Å². The van der Waals surface area contributed by atoms with Gasteiger partial charge in [0.1, 0.15) is 24.1 Å². The maximum absolute atomic E-state index is 6.29. The van der Waals surface area contributed by atoms with Crippen LogP contribution in [0.4, 0.5) is 0 Å². The summed E-state index contributed by atoms with van der Waals surface area (Å²) in [7, 11) is 0. The molecule has 1 aliphatic rings. The lowest BCUT2D eigenvalue weighted by Crippen LogP contribution is -2.56. The van der Waals surface area contributed by atoms with Gasteiger partial charge in [0.05, 0.1) is 6.61 Å². The number of hydrogen-bond donors (Lipinski definition) is 0. The van der Waals surface area contributed by atoms with Gasteiger partial charge in [0.15, 0.2) is 6.10 Å². The van der Waals surface area contributed by atoms with E-state index in [-0.39, 0.29) is 24.4 Å². The van der Waals surface area contributed by atoms with E-state index in [0.29, 0.717) is 32.2 Å². The zero-order valence-corrected chi connectivity index (χ0v) is 18.8. The Balaban J connectivity index is 2.86. The van der Waals surface area contributed by atoms with E-state index >= 15 is 0 Å². The van der Waals surface area contributed by atoms with Crippen molar-refractivity contribution in [1.82, 2.24) is 0 Å². The Morgan fingerprint density at radius 2 is 1.21 bits per heavy atom. The summed E-state index contributed by atoms with van der Waals surface area (Å²) >= 11 is 0. The monoisotopic (exact) mass is 400 g/mol. The van der Waals surface area contributed by atoms with E-state index in [0.717, 1.165) is 58.0 Å². The van der Waals surface area contributed by atoms with Gasteiger partial charge in [-0.05, 0) is 25.7 Å². The number of rotatable bonds is 17. The Morgan fingerprint density at radius 3 is 1.79 bits per heavy atom. The first-order valence-corrected chi connectivity index (χ1v) is 11.5. The molecule has 0 radical (unpaired) electrons. The predicted molar refractivity (Wildman–Crippen MR) is 114 cm³/mol. The standard InChI is InChI=1S/C23H44O5/c1-6-10-14-24-18-20-22(26-16-12-8-3)23(27-17-13-9-4)21(19(5)28-20)25-15-11-7-2/h20-23H,5-18H2,1-4H3/t20?,21?,22-,23-/m1/s1. The van der Waals surface area contributed by atoms with Crippen LogP contribution in [0.3, 0.4) is 0 Å². The fraction of sp³-hybridized carbons (Fsp3) is 0.913. The number of unbranched alkanes of at least 4 members (excludes halogenated alkanes) is 4. The molecule has 0 amide bonds. The van der Waals surface area contributed by atoms with Crippen LogP contribution in [0, 0.1) is 0 Å². The Hall–Kier alpha value is -0.620. The van der Waals surface area contributed by atoms with E-state index in [1.54, 1.807) is 0 Å². The van der Waals surface area contributed by atoms with Crippen molar-refractivity contribution in [2.24, 2.45) is 0 Å². The molecule has 2 unspecified atom stereocenters. The molecule has 4 atom stereocenters. The average Bonchev–Trinajstić information content (AvgIpc) is 2.69. The fourth-order valence-electron chi connectivity index (χ4n) is 3.12. The molecular weight excluding hydrogens is 356 g/mol. The highest BCUT2D eigenvalue weighted by molar-refractivity contribution is 5.07. The van der Waals surface area contributed by atoms with Crippen LogP contribution in [-0.4, -0.2) is 57.5 Å². The van der Waals surface area contributed by atoms with E-state index in [1.807, 2.05) is 0 Å². The largest absolute Gasteiger partial charge is 0.487 e. The third kappa shape index (κ3) is 9.25. The second-order valence-corrected chi connectivity index (χ2v) is 7.57. The van der Waals surface area contributed by atoms with Crippen LogP contribution in [-0.2, 0) is 23.7 Å². The SMILES string of the molecule is C=C1OC(COCCCC)[C@@H](OCCCC)[C@H](OCCCC)C1OCCCC. The maximum atomic E-state index is 6.29. The molecule has 5 nitrogen and oxygen atoms in total. The lowest BCUT2D eigenvalue weighted by molar-refractivity contribution is -0.214. The maximum Gasteiger partial charge on any atom is 0.150 e. The molecule has 0 aromatic carbocycles. The molecule has 0 bridgehead atoms. The van der Waals surface area contributed by atoms with Gasteiger partial charge in [-0.2, -0.15) is 0 Å². The van der Waals surface area contributed by atoms with Gasteiger partial charge in [0.2, 0.25) is 0 Å². The Labute approximate surface area is 173 Å². The smallest absolute Gasteiger partial charge is 0.150 e. The minimum atomic E-state index is -0.290. The van der Waals surface area contributed by atoms with Crippen LogP contribution < -0.4 is 0 Å². The zero-order valence-electron chi connectivity index (χ0n) is 18.8. The molecule has 0 spiro atoms. The molecule has 0 saturated carbocycles. The molecule has 1 heterocycles. The predicted octanol–water partition coefficient (Wildman–Crippen LogP) is 5.27. The Morgan fingerprint density at radius 1 is 0.714 bits per heavy atom. The summed E-state index contributed by atoms with van der Waals surface area (Å²) in [6.45, 7) is 16.1. The molecule has 1 rings (SSSR count). The van der Waals surface area contributed by atoms with Crippen LogP contribution in [0.25, 0.3) is 0 Å². The van der Waals surface area contributed by atoms with Crippen molar-refractivity contribution in [2.45, 2.75) is 103 Å². The molecule has 0 aromatic rings. The highest BCUT2D eigenvalue weighted by atomic mass is 16.6. The summed E-state index contributed by atoms with van der Waals surface area (Å²) in [5.41, 5.74) is 0. The molecule has 5 heteroatoms. The lowest BCUT2D eigenvalue weighted by atomic mass is 9.97. The quantitative estimate of drug-likeness (QED) is 0.311. The lowest BCUT2D eigenvalue weighted by Gasteiger charge is -2.43. The molecule has 0 aromatic heterocycles. The van der Waals surface area contributed by atoms with Crippen molar-refractivity contribution >= 4 is 0 Å². The van der Waals surface area contributed by atoms with Crippen molar-refractivity contribution in [1.29, 1.82) is 0 Å². The van der Waals surface area contributed by atoms with Crippen molar-refractivity contribution in [2.75, 3.05) is 33.0 Å². The van der Waals surface area contributed by atoms with Crippen LogP contribution in [0.5, 0.6) is 0 Å². The van der Waals surface area contributed by atoms with Gasteiger partial charge in [0, 0.05) is 26.4 Å². The average molecular weight is 401 g/mol. The first-order chi connectivity index (χ1) is 13.7. The first kappa shape index (κ1) is 25.4. The molecular formula is C23H44O5. The Bertz CT molecular complexity index is 387. The summed E-state index contributed by atoms with van der Waals surface area (Å²) in [4.78, 5) is 0. The van der Waals surface area contributed by atoms with Crippen molar-refractivity contribution < 1.29 is 23.7 Å². The van der Waals surface area contributed by atoms with Crippen LogP contribution in [0.15, 0.2) is 12.3 Å². The van der Waals surface area contributed by atoms with E-state index < -0.39 is 0 Å². The molecule has 1 fully saturated rings. The van der Waals surface area contributed by atoms with Gasteiger partial charge < -0.3 is 23.7 Å². The fourth-order valence-corrected chi connectivity index (χ4v) is 3.12. The second-order valence-electron chi connectivity index (χ2n) is 7.57. The van der Waals surface area contributed by atoms with E-state index in [1.165, 1.54) is 0 Å². The zero-order chi connectivity index (χ0) is 20.6. The van der Waals surface area contributed by atoms with Crippen molar-refractivity contribution in [3.8, 4) is 0 Å². The van der Waals surface area contributed by atoms with Gasteiger partial charge in [-0.25, -0.2) is 0 Å². The third-order valence-electron chi connectivity index (χ3n) is 4.94. The van der Waals surface area contributed by atoms with Gasteiger partial charge in [0.25, 0.3) is 0 Å². The summed E-state index contributed by atoms with van der Waals surface area (Å²) in [6, 6.07) is 0. The minimum Gasteiger partial charge on any atom is -0.487 e. The number of ether oxygens (including phenoxy) is 5. The normalized spacial score (nSPS) is 25.1. The molecule has 0 N–H and O–H groups in total. The highest BCUT2D eigenvalue weighted by Crippen LogP contribution is 2.30. The summed E-state index contributed by atoms with van der Waals surface area (Å²) in [5, 5.41) is 0. The summed E-state index contributed by atoms with van der Waals surface area (Å²) in [5.74, 6) is 0.636. The molecule has 166 valence electrons. The van der Waals surface area contributed by atoms with Gasteiger partial charge in [-0.15, -0.1) is 0 Å². The number of hydrogen-bond acceptors (Lipinski definition) is 5. The van der Waals surface area contributed by atoms with Crippen LogP contribution in [0.1, 0.15) is 79.1 Å². The van der Waals surface area contributed by atoms with Crippen LogP contribution >= 0.6 is 0 Å². The topological polar surface area (TPSA) is 46.2 Å². The van der Waals surface area contributed by atoms with Gasteiger partial charge in [-0.1, -0.05) is 60.0 Å². The molecule has 1 aliphatic heterocycles. The van der Waals surface area contributed by atoms with Gasteiger partial charge in [-0.3, -0.25) is 0 Å². The minimum absolute atomic E-state index is 0.206. The molecule has 28 heavy (non-hydrogen) atoms.